The van der Waals surface area contributed by atoms with Crippen LogP contribution in [0.2, 0.25) is 0 Å². The van der Waals surface area contributed by atoms with Crippen molar-refractivity contribution in [2.75, 3.05) is 5.32 Å². The van der Waals surface area contributed by atoms with Gasteiger partial charge in [0.2, 0.25) is 5.91 Å². The summed E-state index contributed by atoms with van der Waals surface area (Å²) in [5.74, 6) is -0.836. The third-order valence-electron chi connectivity index (χ3n) is 4.51. The van der Waals surface area contributed by atoms with E-state index >= 15 is 0 Å². The minimum absolute atomic E-state index is 0.274. The van der Waals surface area contributed by atoms with Gasteiger partial charge >= 0.3 is 0 Å². The van der Waals surface area contributed by atoms with E-state index in [9.17, 15) is 13.2 Å². The van der Waals surface area contributed by atoms with Crippen LogP contribution in [0.1, 0.15) is 25.1 Å². The Bertz CT molecular complexity index is 1110. The van der Waals surface area contributed by atoms with Gasteiger partial charge in [0.25, 0.3) is 0 Å². The van der Waals surface area contributed by atoms with E-state index in [1.54, 1.807) is 23.6 Å². The molecule has 0 aliphatic heterocycles. The van der Waals surface area contributed by atoms with Gasteiger partial charge in [-0.15, -0.1) is 11.3 Å². The standard InChI is InChI=1S/C21H21BrN2O3S2/c1-3-15-7-9-16(10-8-15)21-24-19(12-28-21)13-29(26,27)14(2)20(25)23-18-6-4-5-17(22)11-18/h4-12,14H,3,13H2,1-2H3,(H,23,25). The van der Waals surface area contributed by atoms with E-state index in [1.807, 2.05) is 30.3 Å². The fourth-order valence-electron chi connectivity index (χ4n) is 2.69. The zero-order valence-electron chi connectivity index (χ0n) is 16.1. The van der Waals surface area contributed by atoms with Crippen LogP contribution >= 0.6 is 27.3 Å². The number of hydrogen-bond donors (Lipinski definition) is 1. The highest BCUT2D eigenvalue weighted by Crippen LogP contribution is 2.26. The molecule has 29 heavy (non-hydrogen) atoms. The first kappa shape index (κ1) is 21.7. The number of nitrogens with zero attached hydrogens (tertiary/aromatic N) is 1. The molecule has 8 heteroatoms. The highest BCUT2D eigenvalue weighted by Gasteiger charge is 2.29. The molecule has 0 bridgehead atoms. The van der Waals surface area contributed by atoms with Crippen LogP contribution in [0.5, 0.6) is 0 Å². The smallest absolute Gasteiger partial charge is 0.242 e. The Balaban J connectivity index is 1.69. The number of hydrogen-bond acceptors (Lipinski definition) is 5. The van der Waals surface area contributed by atoms with Crippen LogP contribution in [0.15, 0.2) is 58.4 Å². The van der Waals surface area contributed by atoms with Crippen molar-refractivity contribution in [3.63, 3.8) is 0 Å². The van der Waals surface area contributed by atoms with Crippen molar-refractivity contribution >= 4 is 48.7 Å². The van der Waals surface area contributed by atoms with Gasteiger partial charge in [-0.2, -0.15) is 0 Å². The minimum atomic E-state index is -3.70. The number of anilines is 1. The number of carbonyl (C=O) groups is 1. The van der Waals surface area contributed by atoms with Gasteiger partial charge in [0.1, 0.15) is 10.3 Å². The second-order valence-corrected chi connectivity index (χ2v) is 10.7. The molecule has 1 N–H and O–H groups in total. The van der Waals surface area contributed by atoms with Crippen LogP contribution in [-0.4, -0.2) is 24.6 Å². The summed E-state index contributed by atoms with van der Waals surface area (Å²) in [5, 5.41) is 3.97. The topological polar surface area (TPSA) is 76.1 Å². The first-order chi connectivity index (χ1) is 13.8. The highest BCUT2D eigenvalue weighted by atomic mass is 79.9. The molecule has 2 aromatic carbocycles. The Kier molecular flexibility index (Phi) is 6.87. The van der Waals surface area contributed by atoms with Gasteiger partial charge in [0.15, 0.2) is 9.84 Å². The molecule has 0 aliphatic carbocycles. The number of aryl methyl sites for hydroxylation is 1. The third kappa shape index (κ3) is 5.52. The molecule has 3 aromatic rings. The fourth-order valence-corrected chi connectivity index (χ4v) is 5.22. The lowest BCUT2D eigenvalue weighted by Crippen LogP contribution is -2.33. The molecule has 152 valence electrons. The van der Waals surface area contributed by atoms with Crippen molar-refractivity contribution in [1.29, 1.82) is 0 Å². The molecule has 1 atom stereocenters. The molecule has 0 saturated carbocycles. The Labute approximate surface area is 183 Å². The van der Waals surface area contributed by atoms with Crippen molar-refractivity contribution in [2.45, 2.75) is 31.3 Å². The van der Waals surface area contributed by atoms with Gasteiger partial charge in [-0.25, -0.2) is 13.4 Å². The van der Waals surface area contributed by atoms with Crippen LogP contribution in [0.4, 0.5) is 5.69 Å². The summed E-state index contributed by atoms with van der Waals surface area (Å²) in [6.45, 7) is 3.49. The van der Waals surface area contributed by atoms with E-state index < -0.39 is 21.0 Å². The monoisotopic (exact) mass is 492 g/mol. The molecule has 1 heterocycles. The Morgan fingerprint density at radius 3 is 2.59 bits per heavy atom. The van der Waals surface area contributed by atoms with Gasteiger partial charge in [0.05, 0.1) is 11.4 Å². The van der Waals surface area contributed by atoms with E-state index in [0.717, 1.165) is 21.5 Å². The van der Waals surface area contributed by atoms with Crippen LogP contribution in [-0.2, 0) is 26.8 Å². The van der Waals surface area contributed by atoms with E-state index in [1.165, 1.54) is 23.8 Å². The molecule has 0 fully saturated rings. The van der Waals surface area contributed by atoms with Gasteiger partial charge in [-0.1, -0.05) is 53.2 Å². The fraction of sp³-hybridized carbons (Fsp3) is 0.238. The number of carbonyl (C=O) groups excluding carboxylic acids is 1. The second-order valence-electron chi connectivity index (χ2n) is 6.64. The normalized spacial score (nSPS) is 12.5. The summed E-state index contributed by atoms with van der Waals surface area (Å²) in [5.41, 5.74) is 3.18. The highest BCUT2D eigenvalue weighted by molar-refractivity contribution is 9.10. The van der Waals surface area contributed by atoms with Crippen LogP contribution < -0.4 is 5.32 Å². The molecule has 1 aromatic heterocycles. The van der Waals surface area contributed by atoms with E-state index in [4.69, 9.17) is 0 Å². The maximum absolute atomic E-state index is 12.7. The van der Waals surface area contributed by atoms with Crippen molar-refractivity contribution in [1.82, 2.24) is 4.98 Å². The molecule has 0 saturated heterocycles. The zero-order valence-corrected chi connectivity index (χ0v) is 19.3. The van der Waals surface area contributed by atoms with Crippen LogP contribution in [0.25, 0.3) is 10.6 Å². The predicted octanol–water partition coefficient (Wildman–Crippen LogP) is 5.08. The number of aromatic nitrogens is 1. The summed E-state index contributed by atoms with van der Waals surface area (Å²) in [7, 11) is -3.70. The number of rotatable bonds is 7. The van der Waals surface area contributed by atoms with E-state index in [-0.39, 0.29) is 5.75 Å². The maximum Gasteiger partial charge on any atom is 0.242 e. The second kappa shape index (κ2) is 9.19. The van der Waals surface area contributed by atoms with Crippen molar-refractivity contribution < 1.29 is 13.2 Å². The molecule has 1 amide bonds. The molecule has 0 spiro atoms. The van der Waals surface area contributed by atoms with Crippen molar-refractivity contribution in [3.05, 3.63) is 69.6 Å². The number of nitrogens with one attached hydrogen (secondary N) is 1. The van der Waals surface area contributed by atoms with E-state index in [2.05, 4.69) is 33.2 Å². The quantitative estimate of drug-likeness (QED) is 0.498. The lowest BCUT2D eigenvalue weighted by Gasteiger charge is -2.13. The molecular weight excluding hydrogens is 472 g/mol. The van der Waals surface area contributed by atoms with Gasteiger partial charge in [0, 0.05) is 21.1 Å². The van der Waals surface area contributed by atoms with Gasteiger partial charge < -0.3 is 5.32 Å². The lowest BCUT2D eigenvalue weighted by atomic mass is 10.1. The molecule has 1 unspecified atom stereocenters. The SMILES string of the molecule is CCc1ccc(-c2nc(CS(=O)(=O)C(C)C(=O)Nc3cccc(Br)c3)cs2)cc1. The molecular formula is C21H21BrN2O3S2. The summed E-state index contributed by atoms with van der Waals surface area (Å²) < 4.78 is 26.2. The summed E-state index contributed by atoms with van der Waals surface area (Å²) in [6.07, 6.45) is 0.960. The first-order valence-corrected chi connectivity index (χ1v) is 12.5. The summed E-state index contributed by atoms with van der Waals surface area (Å²) >= 11 is 4.73. The minimum Gasteiger partial charge on any atom is -0.325 e. The predicted molar refractivity (Wildman–Crippen MR) is 122 cm³/mol. The van der Waals surface area contributed by atoms with Crippen molar-refractivity contribution in [3.8, 4) is 10.6 Å². The molecule has 0 aliphatic rings. The number of benzene rings is 2. The maximum atomic E-state index is 12.7. The Morgan fingerprint density at radius 1 is 1.21 bits per heavy atom. The number of thiazole rings is 1. The van der Waals surface area contributed by atoms with Crippen molar-refractivity contribution in [2.24, 2.45) is 0 Å². The molecule has 0 radical (unpaired) electrons. The average molecular weight is 493 g/mol. The van der Waals surface area contributed by atoms with Gasteiger partial charge in [-0.05, 0) is 37.1 Å². The number of sulfone groups is 1. The number of amides is 1. The summed E-state index contributed by atoms with van der Waals surface area (Å²) in [4.78, 5) is 16.9. The van der Waals surface area contributed by atoms with E-state index in [0.29, 0.717) is 11.4 Å². The first-order valence-electron chi connectivity index (χ1n) is 9.10. The van der Waals surface area contributed by atoms with Crippen LogP contribution in [0.3, 0.4) is 0 Å². The van der Waals surface area contributed by atoms with Gasteiger partial charge in [-0.3, -0.25) is 4.79 Å². The lowest BCUT2D eigenvalue weighted by molar-refractivity contribution is -0.115. The third-order valence-corrected chi connectivity index (χ3v) is 7.93. The Morgan fingerprint density at radius 2 is 1.93 bits per heavy atom. The molecule has 3 rings (SSSR count). The average Bonchev–Trinajstić information content (AvgIpc) is 3.15. The summed E-state index contributed by atoms with van der Waals surface area (Å²) in [6, 6.07) is 15.1. The number of halogens is 1. The largest absolute Gasteiger partial charge is 0.325 e. The Hall–Kier alpha value is -2.03. The van der Waals surface area contributed by atoms with Crippen LogP contribution in [0, 0.1) is 0 Å². The zero-order chi connectivity index (χ0) is 21.0. The molecule has 5 nitrogen and oxygen atoms in total.